The molecule has 0 bridgehead atoms. The zero-order valence-corrected chi connectivity index (χ0v) is 9.71. The van der Waals surface area contributed by atoms with Crippen LogP contribution in [0.25, 0.3) is 0 Å². The number of aryl methyl sites for hydroxylation is 1. The van der Waals surface area contributed by atoms with Gasteiger partial charge >= 0.3 is 12.0 Å². The first-order chi connectivity index (χ1) is 8.52. The standard InChI is InChI=1S/C12H12N2O4/c1-3-10(16)18-12-13-11(17)14(12)8-6-7(2)4-5-9(8)15/h3-6,12,15H,1H2,2H3,(H,13,17). The molecule has 1 saturated heterocycles. The Hall–Kier alpha value is -2.50. The van der Waals surface area contributed by atoms with Crippen LogP contribution >= 0.6 is 0 Å². The number of carbonyl (C=O) groups is 2. The molecule has 1 atom stereocenters. The molecule has 0 radical (unpaired) electrons. The Morgan fingerprint density at radius 2 is 2.33 bits per heavy atom. The van der Waals surface area contributed by atoms with E-state index in [1.165, 1.54) is 6.07 Å². The Bertz CT molecular complexity index is 527. The molecule has 0 saturated carbocycles. The zero-order chi connectivity index (χ0) is 13.3. The van der Waals surface area contributed by atoms with Crippen molar-refractivity contribution in [2.45, 2.75) is 13.3 Å². The van der Waals surface area contributed by atoms with Crippen LogP contribution in [0, 0.1) is 6.92 Å². The summed E-state index contributed by atoms with van der Waals surface area (Å²) in [5, 5.41) is 12.1. The summed E-state index contributed by atoms with van der Waals surface area (Å²) in [5.41, 5.74) is 1.16. The number of carbonyl (C=O) groups excluding carboxylic acids is 2. The van der Waals surface area contributed by atoms with Crippen molar-refractivity contribution in [2.75, 3.05) is 4.90 Å². The van der Waals surface area contributed by atoms with Gasteiger partial charge in [0, 0.05) is 6.08 Å². The highest BCUT2D eigenvalue weighted by molar-refractivity contribution is 6.00. The van der Waals surface area contributed by atoms with Gasteiger partial charge in [-0.05, 0) is 24.6 Å². The van der Waals surface area contributed by atoms with Crippen LogP contribution in [0.1, 0.15) is 5.56 Å². The lowest BCUT2D eigenvalue weighted by molar-refractivity contribution is -0.145. The summed E-state index contributed by atoms with van der Waals surface area (Å²) in [6, 6.07) is 4.37. The zero-order valence-electron chi connectivity index (χ0n) is 9.71. The smallest absolute Gasteiger partial charge is 0.333 e. The van der Waals surface area contributed by atoms with E-state index < -0.39 is 18.4 Å². The molecule has 1 heterocycles. The number of anilines is 1. The van der Waals surface area contributed by atoms with Crippen molar-refractivity contribution < 1.29 is 19.4 Å². The Morgan fingerprint density at radius 1 is 1.61 bits per heavy atom. The fraction of sp³-hybridized carbons (Fsp3) is 0.167. The van der Waals surface area contributed by atoms with Crippen LogP contribution in [0.15, 0.2) is 30.9 Å². The maximum Gasteiger partial charge on any atom is 0.333 e. The van der Waals surface area contributed by atoms with Crippen LogP contribution in [-0.2, 0) is 9.53 Å². The third-order valence-corrected chi connectivity index (χ3v) is 2.49. The van der Waals surface area contributed by atoms with Gasteiger partial charge in [-0.3, -0.25) is 5.32 Å². The summed E-state index contributed by atoms with van der Waals surface area (Å²) < 4.78 is 4.89. The van der Waals surface area contributed by atoms with Gasteiger partial charge in [-0.1, -0.05) is 12.6 Å². The van der Waals surface area contributed by atoms with Crippen LogP contribution in [0.4, 0.5) is 10.5 Å². The number of esters is 1. The van der Waals surface area contributed by atoms with E-state index in [1.54, 1.807) is 12.1 Å². The van der Waals surface area contributed by atoms with E-state index in [9.17, 15) is 14.7 Å². The lowest BCUT2D eigenvalue weighted by Gasteiger charge is -2.39. The molecule has 0 aliphatic carbocycles. The van der Waals surface area contributed by atoms with Crippen LogP contribution in [0.2, 0.25) is 0 Å². The average molecular weight is 248 g/mol. The van der Waals surface area contributed by atoms with E-state index in [0.717, 1.165) is 16.5 Å². The summed E-state index contributed by atoms with van der Waals surface area (Å²) in [4.78, 5) is 23.7. The molecule has 2 amide bonds. The van der Waals surface area contributed by atoms with E-state index >= 15 is 0 Å². The number of hydrogen-bond donors (Lipinski definition) is 2. The van der Waals surface area contributed by atoms with Gasteiger partial charge in [0.05, 0.1) is 5.69 Å². The van der Waals surface area contributed by atoms with E-state index in [-0.39, 0.29) is 5.75 Å². The number of hydrogen-bond acceptors (Lipinski definition) is 4. The van der Waals surface area contributed by atoms with Crippen molar-refractivity contribution in [2.24, 2.45) is 0 Å². The van der Waals surface area contributed by atoms with Gasteiger partial charge in [-0.2, -0.15) is 0 Å². The second-order valence-electron chi connectivity index (χ2n) is 3.81. The fourth-order valence-electron chi connectivity index (χ4n) is 1.58. The molecule has 6 heteroatoms. The molecule has 18 heavy (non-hydrogen) atoms. The average Bonchev–Trinajstić information content (AvgIpc) is 2.32. The normalized spacial score (nSPS) is 17.7. The highest BCUT2D eigenvalue weighted by atomic mass is 16.6. The minimum atomic E-state index is -0.921. The molecule has 2 rings (SSSR count). The van der Waals surface area contributed by atoms with Crippen molar-refractivity contribution in [1.29, 1.82) is 0 Å². The number of phenols is 1. The van der Waals surface area contributed by atoms with E-state index in [0.29, 0.717) is 5.69 Å². The number of urea groups is 1. The monoisotopic (exact) mass is 248 g/mol. The molecule has 1 aliphatic rings. The van der Waals surface area contributed by atoms with Crippen molar-refractivity contribution in [1.82, 2.24) is 5.32 Å². The topological polar surface area (TPSA) is 78.9 Å². The van der Waals surface area contributed by atoms with Crippen molar-refractivity contribution in [3.05, 3.63) is 36.4 Å². The predicted molar refractivity (Wildman–Crippen MR) is 63.9 cm³/mol. The van der Waals surface area contributed by atoms with Gasteiger partial charge < -0.3 is 9.84 Å². The quantitative estimate of drug-likeness (QED) is 0.623. The van der Waals surface area contributed by atoms with Gasteiger partial charge in [-0.15, -0.1) is 0 Å². The van der Waals surface area contributed by atoms with Crippen LogP contribution in [0.5, 0.6) is 5.75 Å². The number of aromatic hydroxyl groups is 1. The molecule has 1 aliphatic heterocycles. The van der Waals surface area contributed by atoms with Crippen molar-refractivity contribution in [3.63, 3.8) is 0 Å². The summed E-state index contributed by atoms with van der Waals surface area (Å²) >= 11 is 0. The van der Waals surface area contributed by atoms with Crippen LogP contribution in [0.3, 0.4) is 0 Å². The second-order valence-corrected chi connectivity index (χ2v) is 3.81. The summed E-state index contributed by atoms with van der Waals surface area (Å²) in [6.45, 7) is 5.09. The fourth-order valence-corrected chi connectivity index (χ4v) is 1.58. The first-order valence-electron chi connectivity index (χ1n) is 5.25. The summed E-state index contributed by atoms with van der Waals surface area (Å²) in [5.74, 6) is -0.716. The second kappa shape index (κ2) is 4.40. The highest BCUT2D eigenvalue weighted by Crippen LogP contribution is 2.32. The number of nitrogens with one attached hydrogen (secondary N) is 1. The Morgan fingerprint density at radius 3 is 2.94 bits per heavy atom. The number of phenolic OH excluding ortho intramolecular Hbond substituents is 1. The third-order valence-electron chi connectivity index (χ3n) is 2.49. The van der Waals surface area contributed by atoms with E-state index in [4.69, 9.17) is 4.74 Å². The third kappa shape index (κ3) is 2.00. The largest absolute Gasteiger partial charge is 0.506 e. The SMILES string of the molecule is C=CC(=O)OC1NC(=O)N1c1cc(C)ccc1O. The number of benzene rings is 1. The molecule has 94 valence electrons. The lowest BCUT2D eigenvalue weighted by Crippen LogP contribution is -2.67. The van der Waals surface area contributed by atoms with Crippen LogP contribution < -0.4 is 10.2 Å². The van der Waals surface area contributed by atoms with Crippen LogP contribution in [-0.4, -0.2) is 23.5 Å². The van der Waals surface area contributed by atoms with Crippen molar-refractivity contribution in [3.8, 4) is 5.75 Å². The summed E-state index contributed by atoms with van der Waals surface area (Å²) in [6.07, 6.45) is 0.0781. The Kier molecular flexibility index (Phi) is 2.93. The van der Waals surface area contributed by atoms with Gasteiger partial charge in [0.2, 0.25) is 0 Å². The molecular weight excluding hydrogens is 236 g/mol. The first kappa shape index (κ1) is 12.0. The molecular formula is C12H12N2O4. The van der Waals surface area contributed by atoms with Gasteiger partial charge in [-0.25, -0.2) is 14.5 Å². The number of rotatable bonds is 3. The minimum Gasteiger partial charge on any atom is -0.506 e. The minimum absolute atomic E-state index is 0.0601. The van der Waals surface area contributed by atoms with E-state index in [1.807, 2.05) is 6.92 Å². The molecule has 6 nitrogen and oxygen atoms in total. The molecule has 1 fully saturated rings. The van der Waals surface area contributed by atoms with Gasteiger partial charge in [0.25, 0.3) is 6.35 Å². The predicted octanol–water partition coefficient (Wildman–Crippen LogP) is 1.24. The number of amides is 2. The molecule has 2 N–H and O–H groups in total. The van der Waals surface area contributed by atoms with Crippen molar-refractivity contribution >= 4 is 17.7 Å². The van der Waals surface area contributed by atoms with Gasteiger partial charge in [0.1, 0.15) is 5.75 Å². The summed E-state index contributed by atoms with van der Waals surface area (Å²) in [7, 11) is 0. The first-order valence-corrected chi connectivity index (χ1v) is 5.25. The highest BCUT2D eigenvalue weighted by Gasteiger charge is 2.40. The van der Waals surface area contributed by atoms with Gasteiger partial charge in [0.15, 0.2) is 0 Å². The maximum atomic E-state index is 11.5. The Labute approximate surface area is 103 Å². The molecule has 1 aromatic carbocycles. The maximum absolute atomic E-state index is 11.5. The van der Waals surface area contributed by atoms with E-state index in [2.05, 4.69) is 11.9 Å². The molecule has 0 aromatic heterocycles. The molecule has 1 unspecified atom stereocenters. The number of ether oxygens (including phenoxy) is 1. The number of nitrogens with zero attached hydrogens (tertiary/aromatic N) is 1. The Balaban J connectivity index is 2.25. The molecule has 1 aromatic rings. The molecule has 0 spiro atoms. The lowest BCUT2D eigenvalue weighted by atomic mass is 10.2.